The zero-order chi connectivity index (χ0) is 14.8. The number of rotatable bonds is 4. The zero-order valence-electron chi connectivity index (χ0n) is 13.2. The highest BCUT2D eigenvalue weighted by Gasteiger charge is 2.28. The molecule has 0 bridgehead atoms. The molecule has 2 N–H and O–H groups in total. The molecule has 2 atom stereocenters. The maximum Gasteiger partial charge on any atom is 0.134 e. The predicted molar refractivity (Wildman–Crippen MR) is 91.5 cm³/mol. The molecule has 1 aliphatic heterocycles. The van der Waals surface area contributed by atoms with Crippen molar-refractivity contribution in [2.45, 2.75) is 38.5 Å². The minimum Gasteiger partial charge on any atom is -0.461 e. The Labute approximate surface area is 138 Å². The lowest BCUT2D eigenvalue weighted by Gasteiger charge is -2.38. The van der Waals surface area contributed by atoms with Gasteiger partial charge in [0.1, 0.15) is 11.3 Å². The molecule has 2 heterocycles. The topological polar surface area (TPSA) is 51.6 Å². The van der Waals surface area contributed by atoms with E-state index in [4.69, 9.17) is 14.9 Å². The molecule has 122 valence electrons. The highest BCUT2D eigenvalue weighted by molar-refractivity contribution is 5.85. The Kier molecular flexibility index (Phi) is 5.87. The van der Waals surface area contributed by atoms with Gasteiger partial charge in [0.25, 0.3) is 0 Å². The molecule has 1 aliphatic rings. The number of halogens is 1. The van der Waals surface area contributed by atoms with Crippen molar-refractivity contribution in [2.24, 2.45) is 5.73 Å². The molecule has 3 rings (SSSR count). The summed E-state index contributed by atoms with van der Waals surface area (Å²) in [4.78, 5) is 2.47. The number of ether oxygens (including phenoxy) is 1. The lowest BCUT2D eigenvalue weighted by molar-refractivity contribution is 0.0102. The molecule has 1 aromatic heterocycles. The minimum atomic E-state index is 0. The lowest BCUT2D eigenvalue weighted by atomic mass is 9.98. The molecule has 2 unspecified atom stereocenters. The number of piperidine rings is 1. The van der Waals surface area contributed by atoms with E-state index in [-0.39, 0.29) is 12.4 Å². The second kappa shape index (κ2) is 7.47. The molecular formula is C17H25ClN2O2. The Balaban J connectivity index is 0.00000176. The van der Waals surface area contributed by atoms with Crippen molar-refractivity contribution < 1.29 is 9.15 Å². The summed E-state index contributed by atoms with van der Waals surface area (Å²) in [6.07, 6.45) is 2.43. The summed E-state index contributed by atoms with van der Waals surface area (Å²) < 4.78 is 11.4. The fourth-order valence-corrected chi connectivity index (χ4v) is 3.35. The fraction of sp³-hybridized carbons (Fsp3) is 0.529. The summed E-state index contributed by atoms with van der Waals surface area (Å²) in [5.41, 5.74) is 8.23. The number of para-hydroxylation sites is 1. The Bertz CT molecular complexity index is 614. The third kappa shape index (κ3) is 3.30. The van der Waals surface area contributed by atoms with Crippen LogP contribution < -0.4 is 5.73 Å². The first-order valence-corrected chi connectivity index (χ1v) is 7.66. The molecule has 0 spiro atoms. The number of benzene rings is 1. The first kappa shape index (κ1) is 17.3. The molecule has 0 saturated carbocycles. The summed E-state index contributed by atoms with van der Waals surface area (Å²) in [5.74, 6) is 1.01. The Morgan fingerprint density at radius 1 is 1.36 bits per heavy atom. The van der Waals surface area contributed by atoms with E-state index in [1.165, 1.54) is 10.9 Å². The SMILES string of the molecule is COC1CCN(Cc2c(C)oc3ccccc23)C(CN)C1.Cl. The van der Waals surface area contributed by atoms with Crippen LogP contribution in [0, 0.1) is 6.92 Å². The van der Waals surface area contributed by atoms with Gasteiger partial charge in [0.2, 0.25) is 0 Å². The Hall–Kier alpha value is -1.07. The summed E-state index contributed by atoms with van der Waals surface area (Å²) in [5, 5.41) is 1.22. The molecule has 2 aromatic rings. The average Bonchev–Trinajstić information content (AvgIpc) is 2.83. The van der Waals surface area contributed by atoms with Gasteiger partial charge in [-0.15, -0.1) is 12.4 Å². The van der Waals surface area contributed by atoms with Gasteiger partial charge in [-0.1, -0.05) is 18.2 Å². The van der Waals surface area contributed by atoms with Crippen molar-refractivity contribution in [1.29, 1.82) is 0 Å². The molecule has 0 aliphatic carbocycles. The summed E-state index contributed by atoms with van der Waals surface area (Å²) in [7, 11) is 1.79. The lowest BCUT2D eigenvalue weighted by Crippen LogP contribution is -2.48. The number of hydrogen-bond donors (Lipinski definition) is 1. The monoisotopic (exact) mass is 324 g/mol. The maximum absolute atomic E-state index is 5.97. The van der Waals surface area contributed by atoms with E-state index >= 15 is 0 Å². The highest BCUT2D eigenvalue weighted by Crippen LogP contribution is 2.29. The van der Waals surface area contributed by atoms with E-state index in [1.54, 1.807) is 7.11 Å². The zero-order valence-corrected chi connectivity index (χ0v) is 14.1. The summed E-state index contributed by atoms with van der Waals surface area (Å²) >= 11 is 0. The molecule has 22 heavy (non-hydrogen) atoms. The van der Waals surface area contributed by atoms with Crippen LogP contribution in [0.25, 0.3) is 11.0 Å². The van der Waals surface area contributed by atoms with Crippen molar-refractivity contribution in [1.82, 2.24) is 4.90 Å². The van der Waals surface area contributed by atoms with Crippen LogP contribution >= 0.6 is 12.4 Å². The molecule has 0 radical (unpaired) electrons. The largest absolute Gasteiger partial charge is 0.461 e. The molecule has 1 aromatic carbocycles. The smallest absolute Gasteiger partial charge is 0.134 e. The van der Waals surface area contributed by atoms with Crippen LogP contribution in [-0.4, -0.2) is 37.2 Å². The first-order valence-electron chi connectivity index (χ1n) is 7.66. The van der Waals surface area contributed by atoms with Gasteiger partial charge >= 0.3 is 0 Å². The normalized spacial score (nSPS) is 22.7. The highest BCUT2D eigenvalue weighted by atomic mass is 35.5. The number of likely N-dealkylation sites (tertiary alicyclic amines) is 1. The second-order valence-electron chi connectivity index (χ2n) is 5.88. The Morgan fingerprint density at radius 2 is 2.14 bits per heavy atom. The summed E-state index contributed by atoms with van der Waals surface area (Å²) in [6.45, 7) is 4.66. The molecule has 1 fully saturated rings. The van der Waals surface area contributed by atoms with Crippen LogP contribution in [0.4, 0.5) is 0 Å². The van der Waals surface area contributed by atoms with Gasteiger partial charge in [-0.05, 0) is 25.8 Å². The minimum absolute atomic E-state index is 0. The van der Waals surface area contributed by atoms with Crippen LogP contribution in [0.1, 0.15) is 24.2 Å². The van der Waals surface area contributed by atoms with E-state index in [0.717, 1.165) is 37.3 Å². The van der Waals surface area contributed by atoms with Gasteiger partial charge in [0.05, 0.1) is 6.10 Å². The number of methoxy groups -OCH3 is 1. The maximum atomic E-state index is 5.97. The first-order chi connectivity index (χ1) is 10.2. The van der Waals surface area contributed by atoms with Crippen molar-refractivity contribution in [3.8, 4) is 0 Å². The van der Waals surface area contributed by atoms with Gasteiger partial charge in [-0.3, -0.25) is 4.90 Å². The van der Waals surface area contributed by atoms with Gasteiger partial charge in [0.15, 0.2) is 0 Å². The van der Waals surface area contributed by atoms with E-state index in [1.807, 2.05) is 12.1 Å². The van der Waals surface area contributed by atoms with Crippen LogP contribution in [0.5, 0.6) is 0 Å². The molecular weight excluding hydrogens is 300 g/mol. The standard InChI is InChI=1S/C17H24N2O2.ClH/c1-12-16(15-5-3-4-6-17(15)21-12)11-19-8-7-14(20-2)9-13(19)10-18;/h3-6,13-14H,7-11,18H2,1-2H3;1H. The molecule has 1 saturated heterocycles. The van der Waals surface area contributed by atoms with Crippen molar-refractivity contribution in [2.75, 3.05) is 20.2 Å². The van der Waals surface area contributed by atoms with Crippen molar-refractivity contribution >= 4 is 23.4 Å². The predicted octanol–water partition coefficient (Wildman–Crippen LogP) is 3.10. The van der Waals surface area contributed by atoms with Crippen LogP contribution in [-0.2, 0) is 11.3 Å². The number of aryl methyl sites for hydroxylation is 1. The van der Waals surface area contributed by atoms with E-state index in [0.29, 0.717) is 18.7 Å². The Morgan fingerprint density at radius 3 is 2.86 bits per heavy atom. The number of fused-ring (bicyclic) bond motifs is 1. The number of furan rings is 1. The quantitative estimate of drug-likeness (QED) is 0.939. The third-order valence-corrected chi connectivity index (χ3v) is 4.66. The summed E-state index contributed by atoms with van der Waals surface area (Å²) in [6, 6.07) is 8.64. The van der Waals surface area contributed by atoms with Gasteiger partial charge in [-0.2, -0.15) is 0 Å². The number of nitrogens with zero attached hydrogens (tertiary/aromatic N) is 1. The average molecular weight is 325 g/mol. The van der Waals surface area contributed by atoms with Gasteiger partial charge in [0, 0.05) is 43.7 Å². The van der Waals surface area contributed by atoms with Crippen LogP contribution in [0.15, 0.2) is 28.7 Å². The molecule has 4 nitrogen and oxygen atoms in total. The van der Waals surface area contributed by atoms with E-state index in [9.17, 15) is 0 Å². The van der Waals surface area contributed by atoms with Crippen LogP contribution in [0.2, 0.25) is 0 Å². The number of nitrogens with two attached hydrogens (primary N) is 1. The van der Waals surface area contributed by atoms with Gasteiger partial charge in [-0.25, -0.2) is 0 Å². The fourth-order valence-electron chi connectivity index (χ4n) is 3.35. The van der Waals surface area contributed by atoms with Crippen molar-refractivity contribution in [3.63, 3.8) is 0 Å². The van der Waals surface area contributed by atoms with Crippen LogP contribution in [0.3, 0.4) is 0 Å². The van der Waals surface area contributed by atoms with Crippen molar-refractivity contribution in [3.05, 3.63) is 35.6 Å². The molecule has 5 heteroatoms. The van der Waals surface area contributed by atoms with E-state index in [2.05, 4.69) is 24.0 Å². The van der Waals surface area contributed by atoms with E-state index < -0.39 is 0 Å². The second-order valence-corrected chi connectivity index (χ2v) is 5.88. The third-order valence-electron chi connectivity index (χ3n) is 4.66. The molecule has 0 amide bonds. The number of hydrogen-bond acceptors (Lipinski definition) is 4. The van der Waals surface area contributed by atoms with Gasteiger partial charge < -0.3 is 14.9 Å².